The lowest BCUT2D eigenvalue weighted by Crippen LogP contribution is -2.10. The Hall–Kier alpha value is -6.15. The van der Waals surface area contributed by atoms with Crippen LogP contribution >= 0.6 is 12.2 Å². The highest BCUT2D eigenvalue weighted by Gasteiger charge is 2.25. The highest BCUT2D eigenvalue weighted by atomic mass is 32.1. The molecule has 0 saturated carbocycles. The summed E-state index contributed by atoms with van der Waals surface area (Å²) in [5.41, 5.74) is 15.7. The molecule has 0 aliphatic carbocycles. The molecule has 0 aliphatic rings. The van der Waals surface area contributed by atoms with Gasteiger partial charge in [0.1, 0.15) is 0 Å². The van der Waals surface area contributed by atoms with Crippen molar-refractivity contribution in [3.05, 3.63) is 217 Å². The molecular weight excluding hydrogens is 621 g/mol. The highest BCUT2D eigenvalue weighted by Crippen LogP contribution is 2.44. The molecule has 50 heavy (non-hydrogen) atoms. The van der Waals surface area contributed by atoms with E-state index in [0.717, 1.165) is 71.6 Å². The van der Waals surface area contributed by atoms with Crippen molar-refractivity contribution in [2.75, 3.05) is 0 Å². The first-order valence-electron chi connectivity index (χ1n) is 17.0. The minimum absolute atomic E-state index is 0.819. The average molecular weight is 655 g/mol. The highest BCUT2D eigenvalue weighted by molar-refractivity contribution is 7.81. The molecule has 0 spiro atoms. The molecule has 0 heterocycles. The second-order valence-electron chi connectivity index (χ2n) is 12.4. The van der Waals surface area contributed by atoms with E-state index in [0.29, 0.717) is 0 Å². The summed E-state index contributed by atoms with van der Waals surface area (Å²) in [5, 5.41) is 0. The summed E-state index contributed by atoms with van der Waals surface area (Å²) in [4.78, 5) is 0.819. The van der Waals surface area contributed by atoms with Crippen LogP contribution in [0.3, 0.4) is 0 Å². The predicted molar refractivity (Wildman–Crippen MR) is 216 cm³/mol. The molecule has 0 nitrogen and oxygen atoms in total. The van der Waals surface area contributed by atoms with Crippen LogP contribution in [0.4, 0.5) is 0 Å². The molecule has 0 fully saturated rings. The molecule has 8 rings (SSSR count). The fourth-order valence-electron chi connectivity index (χ4n) is 6.87. The maximum Gasteiger partial charge on any atom is 0.0546 e. The van der Waals surface area contributed by atoms with Crippen molar-refractivity contribution < 1.29 is 0 Å². The van der Waals surface area contributed by atoms with Crippen LogP contribution in [0.15, 0.2) is 206 Å². The first-order valence-corrected chi connectivity index (χ1v) is 17.4. The largest absolute Gasteiger partial charge is 0.0787 e. The molecule has 0 aromatic heterocycles. The van der Waals surface area contributed by atoms with Gasteiger partial charge in [0.05, 0.1) is 4.86 Å². The molecule has 0 unspecified atom stereocenters. The van der Waals surface area contributed by atoms with Gasteiger partial charge in [0, 0.05) is 11.1 Å². The number of benzene rings is 8. The summed E-state index contributed by atoms with van der Waals surface area (Å²) in [6.45, 7) is 0. The Morgan fingerprint density at radius 2 is 0.440 bits per heavy atom. The van der Waals surface area contributed by atoms with Crippen LogP contribution in [0.25, 0.3) is 66.8 Å². The third-order valence-electron chi connectivity index (χ3n) is 9.28. The van der Waals surface area contributed by atoms with E-state index in [9.17, 15) is 0 Å². The van der Waals surface area contributed by atoms with Gasteiger partial charge in [0.15, 0.2) is 0 Å². The molecule has 1 heteroatoms. The van der Waals surface area contributed by atoms with E-state index in [1.165, 1.54) is 11.1 Å². The Balaban J connectivity index is 1.49. The van der Waals surface area contributed by atoms with Crippen molar-refractivity contribution in [1.82, 2.24) is 0 Å². The zero-order chi connectivity index (χ0) is 33.7. The molecule has 0 saturated heterocycles. The quantitative estimate of drug-likeness (QED) is 0.116. The number of thiocarbonyl (C=S) groups is 1. The van der Waals surface area contributed by atoms with Crippen LogP contribution in [0.1, 0.15) is 11.1 Å². The fraction of sp³-hybridized carbons (Fsp3) is 0. The summed E-state index contributed by atoms with van der Waals surface area (Å²) >= 11 is 6.86. The molecule has 236 valence electrons. The summed E-state index contributed by atoms with van der Waals surface area (Å²) in [6, 6.07) is 73.3. The van der Waals surface area contributed by atoms with E-state index in [1.807, 2.05) is 0 Å². The Morgan fingerprint density at radius 3 is 0.660 bits per heavy atom. The van der Waals surface area contributed by atoms with Crippen molar-refractivity contribution in [2.24, 2.45) is 0 Å². The summed E-state index contributed by atoms with van der Waals surface area (Å²) in [5.74, 6) is 0. The van der Waals surface area contributed by atoms with E-state index in [2.05, 4.69) is 206 Å². The summed E-state index contributed by atoms with van der Waals surface area (Å²) in [7, 11) is 0. The normalized spacial score (nSPS) is 10.9. The van der Waals surface area contributed by atoms with Crippen LogP contribution < -0.4 is 0 Å². The van der Waals surface area contributed by atoms with Crippen molar-refractivity contribution in [2.45, 2.75) is 0 Å². The van der Waals surface area contributed by atoms with Crippen molar-refractivity contribution >= 4 is 17.1 Å². The zero-order valence-electron chi connectivity index (χ0n) is 27.5. The van der Waals surface area contributed by atoms with E-state index in [-0.39, 0.29) is 0 Å². The Labute approximate surface area is 300 Å². The van der Waals surface area contributed by atoms with Gasteiger partial charge in [-0.2, -0.15) is 0 Å². The third-order valence-corrected chi connectivity index (χ3v) is 9.69. The van der Waals surface area contributed by atoms with Crippen molar-refractivity contribution in [1.29, 1.82) is 0 Å². The molecule has 0 bridgehead atoms. The van der Waals surface area contributed by atoms with Gasteiger partial charge in [0.25, 0.3) is 0 Å². The van der Waals surface area contributed by atoms with Gasteiger partial charge >= 0.3 is 0 Å². The number of hydrogen-bond donors (Lipinski definition) is 0. The van der Waals surface area contributed by atoms with E-state index in [1.54, 1.807) is 0 Å². The lowest BCUT2D eigenvalue weighted by atomic mass is 9.80. The summed E-state index contributed by atoms with van der Waals surface area (Å²) in [6.07, 6.45) is 0. The number of hydrogen-bond acceptors (Lipinski definition) is 1. The molecule has 0 aliphatic heterocycles. The van der Waals surface area contributed by atoms with Gasteiger partial charge in [-0.15, -0.1) is 0 Å². The van der Waals surface area contributed by atoms with E-state index in [4.69, 9.17) is 12.2 Å². The predicted octanol–water partition coefficient (Wildman–Crippen LogP) is 13.5. The molecule has 0 atom stereocenters. The van der Waals surface area contributed by atoms with E-state index >= 15 is 0 Å². The minimum Gasteiger partial charge on any atom is -0.0787 e. The molecule has 0 N–H and O–H groups in total. The van der Waals surface area contributed by atoms with Crippen LogP contribution in [-0.2, 0) is 0 Å². The second kappa shape index (κ2) is 14.1. The molecule has 0 amide bonds. The molecular formula is C49H34S. The van der Waals surface area contributed by atoms with Crippen LogP contribution in [0.2, 0.25) is 0 Å². The Kier molecular flexibility index (Phi) is 8.81. The smallest absolute Gasteiger partial charge is 0.0546 e. The first kappa shape index (κ1) is 31.1. The Morgan fingerprint density at radius 1 is 0.240 bits per heavy atom. The molecule has 0 radical (unpaired) electrons. The van der Waals surface area contributed by atoms with E-state index < -0.39 is 0 Å². The van der Waals surface area contributed by atoms with Crippen molar-refractivity contribution in [3.63, 3.8) is 0 Å². The lowest BCUT2D eigenvalue weighted by Gasteiger charge is -2.24. The van der Waals surface area contributed by atoms with Crippen LogP contribution in [-0.4, -0.2) is 4.86 Å². The van der Waals surface area contributed by atoms with Crippen LogP contribution in [0.5, 0.6) is 0 Å². The first-order chi connectivity index (χ1) is 24.7. The SMILES string of the molecule is S=C(c1c(-c2ccccc2)cc(-c2ccccc2)cc1-c1ccccc1)c1c(-c2ccccc2)cc(-c2ccccc2)cc1-c1ccccc1. The summed E-state index contributed by atoms with van der Waals surface area (Å²) < 4.78 is 0. The van der Waals surface area contributed by atoms with Gasteiger partial charge in [-0.3, -0.25) is 0 Å². The van der Waals surface area contributed by atoms with Gasteiger partial charge in [-0.25, -0.2) is 0 Å². The van der Waals surface area contributed by atoms with Crippen LogP contribution in [0, 0.1) is 0 Å². The standard InChI is InChI=1S/C49H34S/c50-49(47-43(37-23-11-3-12-24-37)31-41(35-19-7-1-8-20-35)32-44(47)38-25-13-4-14-26-38)48-45(39-27-15-5-16-28-39)33-42(36-21-9-2-10-22-36)34-46(48)40-29-17-6-18-30-40/h1-34H. The third kappa shape index (κ3) is 6.23. The number of rotatable bonds is 8. The minimum atomic E-state index is 0.819. The zero-order valence-corrected chi connectivity index (χ0v) is 28.4. The maximum absolute atomic E-state index is 6.86. The Bertz CT molecular complexity index is 2090. The maximum atomic E-state index is 6.86. The average Bonchev–Trinajstić information content (AvgIpc) is 3.21. The van der Waals surface area contributed by atoms with Gasteiger partial charge < -0.3 is 0 Å². The topological polar surface area (TPSA) is 0 Å². The molecule has 8 aromatic rings. The fourth-order valence-corrected chi connectivity index (χ4v) is 7.31. The molecule has 8 aromatic carbocycles. The van der Waals surface area contributed by atoms with Crippen molar-refractivity contribution in [3.8, 4) is 66.8 Å². The van der Waals surface area contributed by atoms with Gasteiger partial charge in [-0.1, -0.05) is 194 Å². The van der Waals surface area contributed by atoms with Gasteiger partial charge in [-0.05, 0) is 91.0 Å². The monoisotopic (exact) mass is 654 g/mol. The lowest BCUT2D eigenvalue weighted by molar-refractivity contribution is 1.52. The second-order valence-corrected chi connectivity index (χ2v) is 12.8. The van der Waals surface area contributed by atoms with Gasteiger partial charge in [0.2, 0.25) is 0 Å².